The monoisotopic (exact) mass is 228 g/mol. The van der Waals surface area contributed by atoms with Gasteiger partial charge in [0.1, 0.15) is 5.82 Å². The lowest BCUT2D eigenvalue weighted by Gasteiger charge is -2.18. The number of hydrogen-bond donors (Lipinski definition) is 1. The smallest absolute Gasteiger partial charge is 0.128 e. The van der Waals surface area contributed by atoms with Gasteiger partial charge in [0.05, 0.1) is 11.9 Å². The molecule has 17 heavy (non-hydrogen) atoms. The minimum Gasteiger partial charge on any atom is -0.397 e. The van der Waals surface area contributed by atoms with Gasteiger partial charge in [-0.1, -0.05) is 6.07 Å². The molecule has 2 rings (SSSR count). The zero-order valence-corrected chi connectivity index (χ0v) is 10.1. The van der Waals surface area contributed by atoms with Crippen molar-refractivity contribution in [2.45, 2.75) is 13.5 Å². The van der Waals surface area contributed by atoms with E-state index in [9.17, 15) is 0 Å². The molecule has 0 spiro atoms. The topological polar surface area (TPSA) is 55.0 Å². The molecule has 0 fully saturated rings. The van der Waals surface area contributed by atoms with Gasteiger partial charge in [-0.05, 0) is 30.2 Å². The summed E-state index contributed by atoms with van der Waals surface area (Å²) < 4.78 is 0. The van der Waals surface area contributed by atoms with Crippen molar-refractivity contribution in [3.8, 4) is 0 Å². The van der Waals surface area contributed by atoms with Gasteiger partial charge in [0, 0.05) is 26.0 Å². The normalized spacial score (nSPS) is 10.2. The molecule has 2 heterocycles. The zero-order chi connectivity index (χ0) is 12.3. The summed E-state index contributed by atoms with van der Waals surface area (Å²) in [5, 5.41) is 0. The van der Waals surface area contributed by atoms with Gasteiger partial charge in [0.25, 0.3) is 0 Å². The zero-order valence-electron chi connectivity index (χ0n) is 10.1. The molecule has 0 amide bonds. The summed E-state index contributed by atoms with van der Waals surface area (Å²) in [6, 6.07) is 5.98. The summed E-state index contributed by atoms with van der Waals surface area (Å²) >= 11 is 0. The highest BCUT2D eigenvalue weighted by Gasteiger charge is 2.05. The third kappa shape index (κ3) is 2.72. The van der Waals surface area contributed by atoms with E-state index in [2.05, 4.69) is 14.9 Å². The Balaban J connectivity index is 2.14. The molecule has 0 aliphatic rings. The van der Waals surface area contributed by atoms with E-state index in [1.54, 1.807) is 12.4 Å². The Kier molecular flexibility index (Phi) is 3.23. The van der Waals surface area contributed by atoms with Gasteiger partial charge in [0.15, 0.2) is 0 Å². The number of hydrogen-bond acceptors (Lipinski definition) is 4. The summed E-state index contributed by atoms with van der Waals surface area (Å²) in [7, 11) is 2.00. The van der Waals surface area contributed by atoms with Crippen LogP contribution in [0.15, 0.2) is 36.8 Å². The van der Waals surface area contributed by atoms with E-state index in [0.717, 1.165) is 29.2 Å². The number of nitrogens with two attached hydrogens (primary N) is 1. The molecule has 0 bridgehead atoms. The summed E-state index contributed by atoms with van der Waals surface area (Å²) in [4.78, 5) is 10.5. The highest BCUT2D eigenvalue weighted by molar-refractivity contribution is 5.51. The van der Waals surface area contributed by atoms with Crippen LogP contribution in [0.3, 0.4) is 0 Å². The second kappa shape index (κ2) is 4.82. The number of pyridine rings is 2. The first-order valence-corrected chi connectivity index (χ1v) is 5.49. The van der Waals surface area contributed by atoms with Crippen LogP contribution in [0.4, 0.5) is 11.5 Å². The molecule has 0 saturated carbocycles. The Morgan fingerprint density at radius 1 is 1.35 bits per heavy atom. The molecule has 0 saturated heterocycles. The molecule has 2 aromatic rings. The number of nitrogen functional groups attached to an aromatic ring is 1. The second-order valence-corrected chi connectivity index (χ2v) is 4.12. The van der Waals surface area contributed by atoms with E-state index in [1.807, 2.05) is 38.4 Å². The first-order chi connectivity index (χ1) is 8.16. The maximum Gasteiger partial charge on any atom is 0.128 e. The number of nitrogens with zero attached hydrogens (tertiary/aromatic N) is 3. The van der Waals surface area contributed by atoms with Crippen LogP contribution in [-0.2, 0) is 6.54 Å². The minimum absolute atomic E-state index is 0.725. The van der Waals surface area contributed by atoms with E-state index in [1.165, 1.54) is 0 Å². The average molecular weight is 228 g/mol. The van der Waals surface area contributed by atoms with Crippen LogP contribution in [0.1, 0.15) is 11.1 Å². The van der Waals surface area contributed by atoms with Crippen LogP contribution in [0.25, 0.3) is 0 Å². The molecule has 0 atom stereocenters. The summed E-state index contributed by atoms with van der Waals surface area (Å²) in [5.41, 5.74) is 8.68. The van der Waals surface area contributed by atoms with Crippen LogP contribution < -0.4 is 10.6 Å². The predicted octanol–water partition coefficient (Wildman–Crippen LogP) is 2.00. The van der Waals surface area contributed by atoms with Crippen LogP contribution in [0.5, 0.6) is 0 Å². The van der Waals surface area contributed by atoms with Crippen molar-refractivity contribution in [3.63, 3.8) is 0 Å². The summed E-state index contributed by atoms with van der Waals surface area (Å²) in [6.45, 7) is 2.77. The molecule has 0 unspecified atom stereocenters. The first kappa shape index (κ1) is 11.4. The molecule has 4 nitrogen and oxygen atoms in total. The fraction of sp³-hybridized carbons (Fsp3) is 0.231. The van der Waals surface area contributed by atoms with Crippen molar-refractivity contribution in [1.29, 1.82) is 0 Å². The van der Waals surface area contributed by atoms with Crippen molar-refractivity contribution in [3.05, 3.63) is 47.9 Å². The number of anilines is 2. The second-order valence-electron chi connectivity index (χ2n) is 4.12. The van der Waals surface area contributed by atoms with Crippen molar-refractivity contribution in [1.82, 2.24) is 9.97 Å². The molecule has 2 N–H and O–H groups in total. The van der Waals surface area contributed by atoms with E-state index in [0.29, 0.717) is 0 Å². The lowest BCUT2D eigenvalue weighted by atomic mass is 10.2. The molecular weight excluding hydrogens is 212 g/mol. The van der Waals surface area contributed by atoms with Crippen molar-refractivity contribution < 1.29 is 0 Å². The fourth-order valence-corrected chi connectivity index (χ4v) is 1.61. The molecule has 4 heteroatoms. The lowest BCUT2D eigenvalue weighted by molar-refractivity contribution is 0.891. The molecule has 0 aromatic carbocycles. The van der Waals surface area contributed by atoms with Crippen molar-refractivity contribution in [2.24, 2.45) is 0 Å². The highest BCUT2D eigenvalue weighted by Crippen LogP contribution is 2.17. The maximum atomic E-state index is 5.75. The van der Waals surface area contributed by atoms with Gasteiger partial charge >= 0.3 is 0 Å². The van der Waals surface area contributed by atoms with Gasteiger partial charge in [-0.3, -0.25) is 4.98 Å². The Labute approximate surface area is 101 Å². The highest BCUT2D eigenvalue weighted by atomic mass is 15.2. The molecule has 0 aliphatic heterocycles. The molecular formula is C13H16N4. The third-order valence-corrected chi connectivity index (χ3v) is 2.67. The minimum atomic E-state index is 0.725. The molecule has 0 aliphatic carbocycles. The van der Waals surface area contributed by atoms with Crippen molar-refractivity contribution >= 4 is 11.5 Å². The Morgan fingerprint density at radius 2 is 2.18 bits per heavy atom. The quantitative estimate of drug-likeness (QED) is 0.873. The maximum absolute atomic E-state index is 5.75. The van der Waals surface area contributed by atoms with Crippen LogP contribution in [0, 0.1) is 6.92 Å². The van der Waals surface area contributed by atoms with E-state index < -0.39 is 0 Å². The molecule has 2 aromatic heterocycles. The first-order valence-electron chi connectivity index (χ1n) is 5.49. The predicted molar refractivity (Wildman–Crippen MR) is 69.7 cm³/mol. The van der Waals surface area contributed by atoms with Gasteiger partial charge in [-0.15, -0.1) is 0 Å². The Hall–Kier alpha value is -2.10. The number of aryl methyl sites for hydroxylation is 1. The van der Waals surface area contributed by atoms with Crippen LogP contribution >= 0.6 is 0 Å². The van der Waals surface area contributed by atoms with Crippen LogP contribution in [0.2, 0.25) is 0 Å². The average Bonchev–Trinajstić information content (AvgIpc) is 2.34. The van der Waals surface area contributed by atoms with E-state index in [-0.39, 0.29) is 0 Å². The number of aromatic nitrogens is 2. The van der Waals surface area contributed by atoms with Crippen LogP contribution in [-0.4, -0.2) is 17.0 Å². The third-order valence-electron chi connectivity index (χ3n) is 2.67. The van der Waals surface area contributed by atoms with Gasteiger partial charge < -0.3 is 10.6 Å². The van der Waals surface area contributed by atoms with Gasteiger partial charge in [-0.2, -0.15) is 0 Å². The van der Waals surface area contributed by atoms with E-state index in [4.69, 9.17) is 5.73 Å². The SMILES string of the molecule is Cc1cc(N(C)Cc2cccnc2)ncc1N. The number of rotatable bonds is 3. The summed E-state index contributed by atoms with van der Waals surface area (Å²) in [6.07, 6.45) is 5.33. The molecule has 0 radical (unpaired) electrons. The van der Waals surface area contributed by atoms with Crippen molar-refractivity contribution in [2.75, 3.05) is 17.7 Å². The largest absolute Gasteiger partial charge is 0.397 e. The fourth-order valence-electron chi connectivity index (χ4n) is 1.61. The summed E-state index contributed by atoms with van der Waals surface area (Å²) in [5.74, 6) is 0.917. The standard InChI is InChI=1S/C13H16N4/c1-10-6-13(16-8-12(10)14)17(2)9-11-4-3-5-15-7-11/h3-8H,9,14H2,1-2H3. The Bertz CT molecular complexity index is 496. The van der Waals surface area contributed by atoms with E-state index >= 15 is 0 Å². The Morgan fingerprint density at radius 3 is 2.82 bits per heavy atom. The van der Waals surface area contributed by atoms with Gasteiger partial charge in [-0.25, -0.2) is 4.98 Å². The van der Waals surface area contributed by atoms with Gasteiger partial charge in [0.2, 0.25) is 0 Å². The molecule has 88 valence electrons. The lowest BCUT2D eigenvalue weighted by Crippen LogP contribution is -2.18.